The Morgan fingerprint density at radius 1 is 0.852 bits per heavy atom. The lowest BCUT2D eigenvalue weighted by molar-refractivity contribution is -0.145. The normalized spacial score (nSPS) is 24.4. The van der Waals surface area contributed by atoms with E-state index in [0.29, 0.717) is 78.5 Å². The summed E-state index contributed by atoms with van der Waals surface area (Å²) in [7, 11) is 0. The first-order valence-corrected chi connectivity index (χ1v) is 9.28. The number of piperazine rings is 1. The summed E-state index contributed by atoms with van der Waals surface area (Å²) < 4.78 is 10.6. The van der Waals surface area contributed by atoms with Crippen LogP contribution in [0.4, 0.5) is 0 Å². The summed E-state index contributed by atoms with van der Waals surface area (Å²) in [5, 5.41) is 0. The largest absolute Gasteiger partial charge is 0.381 e. The molecule has 0 radical (unpaired) electrons. The second-order valence-electron chi connectivity index (χ2n) is 7.21. The Morgan fingerprint density at radius 2 is 1.37 bits per heavy atom. The summed E-state index contributed by atoms with van der Waals surface area (Å²) in [5.74, 6) is 0.186. The average molecular weight is 427 g/mol. The second kappa shape index (κ2) is 10.8. The maximum absolute atomic E-state index is 12.8. The minimum Gasteiger partial charge on any atom is -0.381 e. The van der Waals surface area contributed by atoms with Gasteiger partial charge in [-0.15, -0.1) is 24.8 Å². The topological polar surface area (TPSA) is 88.3 Å². The Balaban J connectivity index is 0.00000182. The third-order valence-corrected chi connectivity index (χ3v) is 5.64. The molecule has 10 heteroatoms. The SMILES string of the molecule is CC(C(=O)N1CCOCC1)N1CCN(C(=O)C2(N)CCOCC2)CC1.Cl.Cl. The lowest BCUT2D eigenvalue weighted by Crippen LogP contribution is -2.62. The van der Waals surface area contributed by atoms with Crippen LogP contribution >= 0.6 is 24.8 Å². The van der Waals surface area contributed by atoms with Crippen LogP contribution in [0.2, 0.25) is 0 Å². The van der Waals surface area contributed by atoms with Crippen molar-refractivity contribution in [2.75, 3.05) is 65.7 Å². The van der Waals surface area contributed by atoms with Gasteiger partial charge in [0.2, 0.25) is 11.8 Å². The van der Waals surface area contributed by atoms with E-state index < -0.39 is 5.54 Å². The van der Waals surface area contributed by atoms with Crippen LogP contribution in [0.3, 0.4) is 0 Å². The number of carbonyl (C=O) groups excluding carboxylic acids is 2. The third kappa shape index (κ3) is 5.68. The number of amides is 2. The van der Waals surface area contributed by atoms with E-state index in [9.17, 15) is 9.59 Å². The van der Waals surface area contributed by atoms with Crippen LogP contribution in [0, 0.1) is 0 Å². The molecule has 3 aliphatic rings. The molecule has 2 N–H and O–H groups in total. The Morgan fingerprint density at radius 3 is 1.93 bits per heavy atom. The number of nitrogens with zero attached hydrogens (tertiary/aromatic N) is 3. The van der Waals surface area contributed by atoms with Crippen molar-refractivity contribution in [2.45, 2.75) is 31.3 Å². The van der Waals surface area contributed by atoms with Crippen molar-refractivity contribution in [3.8, 4) is 0 Å². The highest BCUT2D eigenvalue weighted by atomic mass is 35.5. The fourth-order valence-electron chi connectivity index (χ4n) is 3.78. The van der Waals surface area contributed by atoms with Gasteiger partial charge in [-0.25, -0.2) is 0 Å². The summed E-state index contributed by atoms with van der Waals surface area (Å²) in [6.45, 7) is 8.27. The van der Waals surface area contributed by atoms with E-state index in [2.05, 4.69) is 4.90 Å². The average Bonchev–Trinajstić information content (AvgIpc) is 2.67. The number of halogens is 2. The highest BCUT2D eigenvalue weighted by molar-refractivity contribution is 5.86. The zero-order valence-corrected chi connectivity index (χ0v) is 17.6. The Labute approximate surface area is 173 Å². The highest BCUT2D eigenvalue weighted by Crippen LogP contribution is 2.22. The molecule has 3 rings (SSSR count). The number of hydrogen-bond acceptors (Lipinski definition) is 6. The summed E-state index contributed by atoms with van der Waals surface area (Å²) in [6, 6.07) is -0.162. The van der Waals surface area contributed by atoms with Crippen molar-refractivity contribution in [2.24, 2.45) is 5.73 Å². The Hall–Kier alpha value is -0.640. The van der Waals surface area contributed by atoms with E-state index in [0.717, 1.165) is 0 Å². The first-order chi connectivity index (χ1) is 12.0. The molecule has 27 heavy (non-hydrogen) atoms. The van der Waals surface area contributed by atoms with Crippen molar-refractivity contribution in [3.05, 3.63) is 0 Å². The van der Waals surface area contributed by atoms with E-state index in [1.54, 1.807) is 0 Å². The molecule has 0 aromatic rings. The molecule has 0 saturated carbocycles. The van der Waals surface area contributed by atoms with Crippen molar-refractivity contribution < 1.29 is 19.1 Å². The molecular weight excluding hydrogens is 395 g/mol. The van der Waals surface area contributed by atoms with Crippen molar-refractivity contribution in [3.63, 3.8) is 0 Å². The van der Waals surface area contributed by atoms with Gasteiger partial charge in [-0.05, 0) is 19.8 Å². The van der Waals surface area contributed by atoms with Gasteiger partial charge in [0.15, 0.2) is 0 Å². The fourth-order valence-corrected chi connectivity index (χ4v) is 3.78. The lowest BCUT2D eigenvalue weighted by atomic mass is 9.89. The van der Waals surface area contributed by atoms with E-state index >= 15 is 0 Å². The molecule has 2 amide bonds. The first-order valence-electron chi connectivity index (χ1n) is 9.28. The lowest BCUT2D eigenvalue weighted by Gasteiger charge is -2.42. The zero-order chi connectivity index (χ0) is 17.9. The summed E-state index contributed by atoms with van der Waals surface area (Å²) in [5.41, 5.74) is 5.53. The van der Waals surface area contributed by atoms with Crippen molar-refractivity contribution in [1.82, 2.24) is 14.7 Å². The molecule has 3 aliphatic heterocycles. The minimum absolute atomic E-state index is 0. The number of ether oxygens (including phenoxy) is 2. The number of hydrogen-bond donors (Lipinski definition) is 1. The monoisotopic (exact) mass is 426 g/mol. The van der Waals surface area contributed by atoms with Crippen LogP contribution < -0.4 is 5.73 Å². The van der Waals surface area contributed by atoms with Crippen LogP contribution in [-0.2, 0) is 19.1 Å². The maximum Gasteiger partial charge on any atom is 0.242 e. The molecule has 8 nitrogen and oxygen atoms in total. The van der Waals surface area contributed by atoms with Gasteiger partial charge in [-0.3, -0.25) is 14.5 Å². The quantitative estimate of drug-likeness (QED) is 0.667. The molecule has 0 spiro atoms. The third-order valence-electron chi connectivity index (χ3n) is 5.64. The summed E-state index contributed by atoms with van der Waals surface area (Å²) >= 11 is 0. The van der Waals surface area contributed by atoms with Crippen LogP contribution in [-0.4, -0.2) is 104 Å². The van der Waals surface area contributed by atoms with Crippen molar-refractivity contribution in [1.29, 1.82) is 0 Å². The fraction of sp³-hybridized carbons (Fsp3) is 0.882. The Kier molecular flexibility index (Phi) is 9.74. The molecule has 1 atom stereocenters. The van der Waals surface area contributed by atoms with Gasteiger partial charge in [0, 0.05) is 52.5 Å². The number of carbonyl (C=O) groups is 2. The van der Waals surface area contributed by atoms with E-state index in [1.807, 2.05) is 16.7 Å². The molecule has 0 aromatic carbocycles. The molecular formula is C17H32Cl2N4O4. The molecule has 3 saturated heterocycles. The van der Waals surface area contributed by atoms with Gasteiger partial charge >= 0.3 is 0 Å². The molecule has 3 heterocycles. The molecule has 158 valence electrons. The standard InChI is InChI=1S/C17H30N4O4.2ClH/c1-14(15(22)20-8-12-25-13-9-20)19-4-6-21(7-5-19)16(23)17(18)2-10-24-11-3-17;;/h14H,2-13,18H2,1H3;2*1H. The van der Waals surface area contributed by atoms with Gasteiger partial charge in [0.1, 0.15) is 0 Å². The van der Waals surface area contributed by atoms with Gasteiger partial charge < -0.3 is 25.0 Å². The highest BCUT2D eigenvalue weighted by Gasteiger charge is 2.40. The molecule has 0 bridgehead atoms. The van der Waals surface area contributed by atoms with E-state index in [1.165, 1.54) is 0 Å². The molecule has 0 aromatic heterocycles. The van der Waals surface area contributed by atoms with Crippen LogP contribution in [0.5, 0.6) is 0 Å². The summed E-state index contributed by atoms with van der Waals surface area (Å²) in [6.07, 6.45) is 1.16. The van der Waals surface area contributed by atoms with E-state index in [-0.39, 0.29) is 42.7 Å². The maximum atomic E-state index is 12.8. The second-order valence-corrected chi connectivity index (χ2v) is 7.21. The van der Waals surface area contributed by atoms with Gasteiger partial charge in [-0.1, -0.05) is 0 Å². The minimum atomic E-state index is -0.782. The van der Waals surface area contributed by atoms with Crippen molar-refractivity contribution >= 4 is 36.6 Å². The predicted octanol–water partition coefficient (Wildman–Crippen LogP) is -0.271. The Bertz CT molecular complexity index is 491. The van der Waals surface area contributed by atoms with Crippen LogP contribution in [0.1, 0.15) is 19.8 Å². The van der Waals surface area contributed by atoms with Gasteiger partial charge in [-0.2, -0.15) is 0 Å². The predicted molar refractivity (Wildman–Crippen MR) is 106 cm³/mol. The molecule has 1 unspecified atom stereocenters. The van der Waals surface area contributed by atoms with Crippen LogP contribution in [0.25, 0.3) is 0 Å². The van der Waals surface area contributed by atoms with Crippen LogP contribution in [0.15, 0.2) is 0 Å². The number of nitrogens with two attached hydrogens (primary N) is 1. The molecule has 0 aliphatic carbocycles. The number of morpholine rings is 1. The van der Waals surface area contributed by atoms with Gasteiger partial charge in [0.05, 0.1) is 24.8 Å². The summed E-state index contributed by atoms with van der Waals surface area (Å²) in [4.78, 5) is 31.3. The van der Waals surface area contributed by atoms with E-state index in [4.69, 9.17) is 15.2 Å². The zero-order valence-electron chi connectivity index (χ0n) is 15.9. The van der Waals surface area contributed by atoms with Gasteiger partial charge in [0.25, 0.3) is 0 Å². The first kappa shape index (κ1) is 24.4. The smallest absolute Gasteiger partial charge is 0.242 e. The molecule has 3 fully saturated rings. The number of rotatable bonds is 3.